The Balaban J connectivity index is 1.76. The second-order valence-electron chi connectivity index (χ2n) is 4.93. The van der Waals surface area contributed by atoms with Gasteiger partial charge in [-0.3, -0.25) is 0 Å². The van der Waals surface area contributed by atoms with Crippen LogP contribution >= 0.6 is 11.6 Å². The lowest BCUT2D eigenvalue weighted by Crippen LogP contribution is -2.33. The van der Waals surface area contributed by atoms with Crippen molar-refractivity contribution in [2.24, 2.45) is 0 Å². The molecule has 0 fully saturated rings. The van der Waals surface area contributed by atoms with Crippen LogP contribution in [0.25, 0.3) is 0 Å². The van der Waals surface area contributed by atoms with Crippen molar-refractivity contribution in [2.75, 3.05) is 13.2 Å². The minimum absolute atomic E-state index is 0.0741. The highest BCUT2D eigenvalue weighted by Gasteiger charge is 2.11. The molecule has 0 spiro atoms. The molecule has 0 aliphatic carbocycles. The van der Waals surface area contributed by atoms with E-state index in [1.165, 1.54) is 0 Å². The maximum atomic E-state index is 9.96. The molecule has 2 atom stereocenters. The number of benzene rings is 2. The third-order valence-corrected chi connectivity index (χ3v) is 3.56. The Kier molecular flexibility index (Phi) is 6.05. The molecule has 3 nitrogen and oxygen atoms in total. The van der Waals surface area contributed by atoms with E-state index in [0.717, 1.165) is 16.3 Å². The Labute approximate surface area is 130 Å². The van der Waals surface area contributed by atoms with Crippen LogP contribution in [0.1, 0.15) is 18.5 Å². The number of aliphatic hydroxyl groups is 1. The first-order valence-corrected chi connectivity index (χ1v) is 7.38. The molecule has 0 aromatic heterocycles. The Morgan fingerprint density at radius 3 is 2.48 bits per heavy atom. The summed E-state index contributed by atoms with van der Waals surface area (Å²) in [6, 6.07) is 17.2. The average Bonchev–Trinajstić information content (AvgIpc) is 2.52. The van der Waals surface area contributed by atoms with Gasteiger partial charge in [-0.15, -0.1) is 0 Å². The summed E-state index contributed by atoms with van der Waals surface area (Å²) in [7, 11) is 0. The van der Waals surface area contributed by atoms with Crippen molar-refractivity contribution in [1.82, 2.24) is 5.32 Å². The molecule has 0 aliphatic rings. The molecule has 21 heavy (non-hydrogen) atoms. The van der Waals surface area contributed by atoms with Gasteiger partial charge in [0.15, 0.2) is 0 Å². The number of aliphatic hydroxyl groups excluding tert-OH is 1. The minimum Gasteiger partial charge on any atom is -0.491 e. The summed E-state index contributed by atoms with van der Waals surface area (Å²) in [6.07, 6.45) is -0.574. The quantitative estimate of drug-likeness (QED) is 0.823. The molecule has 0 aliphatic heterocycles. The summed E-state index contributed by atoms with van der Waals surface area (Å²) < 4.78 is 5.51. The topological polar surface area (TPSA) is 41.5 Å². The average molecular weight is 306 g/mol. The molecule has 2 unspecified atom stereocenters. The van der Waals surface area contributed by atoms with Gasteiger partial charge in [-0.2, -0.15) is 0 Å². The summed E-state index contributed by atoms with van der Waals surface area (Å²) in [5.74, 6) is 0.760. The first-order chi connectivity index (χ1) is 10.2. The van der Waals surface area contributed by atoms with Crippen molar-refractivity contribution in [3.63, 3.8) is 0 Å². The minimum atomic E-state index is -0.574. The molecule has 0 bridgehead atoms. The molecular weight excluding hydrogens is 286 g/mol. The van der Waals surface area contributed by atoms with Crippen LogP contribution in [0.2, 0.25) is 5.02 Å². The smallest absolute Gasteiger partial charge is 0.119 e. The fourth-order valence-electron chi connectivity index (χ4n) is 2.02. The summed E-state index contributed by atoms with van der Waals surface area (Å²) >= 11 is 6.15. The molecule has 4 heteroatoms. The van der Waals surface area contributed by atoms with Gasteiger partial charge in [-0.05, 0) is 30.7 Å². The van der Waals surface area contributed by atoms with Crippen LogP contribution < -0.4 is 10.1 Å². The Morgan fingerprint density at radius 2 is 1.76 bits per heavy atom. The van der Waals surface area contributed by atoms with Gasteiger partial charge >= 0.3 is 0 Å². The first-order valence-electron chi connectivity index (χ1n) is 7.00. The number of ether oxygens (including phenoxy) is 1. The van der Waals surface area contributed by atoms with Crippen molar-refractivity contribution in [1.29, 1.82) is 0 Å². The van der Waals surface area contributed by atoms with E-state index < -0.39 is 6.10 Å². The van der Waals surface area contributed by atoms with Crippen LogP contribution in [-0.2, 0) is 0 Å². The summed E-state index contributed by atoms with van der Waals surface area (Å²) in [5, 5.41) is 13.9. The highest BCUT2D eigenvalue weighted by molar-refractivity contribution is 6.31. The summed E-state index contributed by atoms with van der Waals surface area (Å²) in [6.45, 7) is 2.72. The van der Waals surface area contributed by atoms with Gasteiger partial charge in [-0.25, -0.2) is 0 Å². The predicted octanol–water partition coefficient (Wildman–Crippen LogP) is 3.43. The van der Waals surface area contributed by atoms with Crippen molar-refractivity contribution in [3.05, 3.63) is 65.2 Å². The second-order valence-corrected chi connectivity index (χ2v) is 5.34. The lowest BCUT2D eigenvalue weighted by atomic mass is 10.1. The van der Waals surface area contributed by atoms with E-state index in [2.05, 4.69) is 5.32 Å². The molecule has 2 aromatic rings. The Bertz CT molecular complexity index is 547. The van der Waals surface area contributed by atoms with Crippen LogP contribution in [0, 0.1) is 0 Å². The summed E-state index contributed by atoms with van der Waals surface area (Å²) in [5.41, 5.74) is 1.02. The third kappa shape index (κ3) is 5.05. The van der Waals surface area contributed by atoms with Gasteiger partial charge in [-0.1, -0.05) is 48.0 Å². The lowest BCUT2D eigenvalue weighted by molar-refractivity contribution is 0.104. The third-order valence-electron chi connectivity index (χ3n) is 3.22. The second kappa shape index (κ2) is 8.03. The highest BCUT2D eigenvalue weighted by atomic mass is 35.5. The van der Waals surface area contributed by atoms with E-state index in [9.17, 15) is 5.11 Å². The SMILES string of the molecule is CC(NCC(O)COc1ccccc1)c1ccccc1Cl. The van der Waals surface area contributed by atoms with E-state index in [1.54, 1.807) is 0 Å². The van der Waals surface area contributed by atoms with Crippen molar-refractivity contribution < 1.29 is 9.84 Å². The van der Waals surface area contributed by atoms with Crippen molar-refractivity contribution >= 4 is 11.6 Å². The predicted molar refractivity (Wildman–Crippen MR) is 85.8 cm³/mol. The molecular formula is C17H20ClNO2. The van der Waals surface area contributed by atoms with E-state index >= 15 is 0 Å². The maximum Gasteiger partial charge on any atom is 0.119 e. The number of hydrogen-bond acceptors (Lipinski definition) is 3. The Hall–Kier alpha value is -1.55. The number of para-hydroxylation sites is 1. The van der Waals surface area contributed by atoms with Crippen molar-refractivity contribution in [2.45, 2.75) is 19.1 Å². The number of hydrogen-bond donors (Lipinski definition) is 2. The largest absolute Gasteiger partial charge is 0.491 e. The van der Waals surface area contributed by atoms with Crippen LogP contribution in [-0.4, -0.2) is 24.4 Å². The van der Waals surface area contributed by atoms with Gasteiger partial charge in [0.05, 0.1) is 0 Å². The van der Waals surface area contributed by atoms with Gasteiger partial charge in [0.1, 0.15) is 18.5 Å². The monoisotopic (exact) mass is 305 g/mol. The number of halogens is 1. The number of rotatable bonds is 7. The zero-order valence-electron chi connectivity index (χ0n) is 12.0. The number of nitrogens with one attached hydrogen (secondary N) is 1. The van der Waals surface area contributed by atoms with Gasteiger partial charge in [0.2, 0.25) is 0 Å². The molecule has 0 amide bonds. The van der Waals surface area contributed by atoms with Gasteiger partial charge < -0.3 is 15.2 Å². The van der Waals surface area contributed by atoms with E-state index in [1.807, 2.05) is 61.5 Å². The maximum absolute atomic E-state index is 9.96. The zero-order valence-corrected chi connectivity index (χ0v) is 12.8. The van der Waals surface area contributed by atoms with E-state index in [-0.39, 0.29) is 12.6 Å². The van der Waals surface area contributed by atoms with E-state index in [4.69, 9.17) is 16.3 Å². The van der Waals surface area contributed by atoms with E-state index in [0.29, 0.717) is 6.54 Å². The molecule has 2 N–H and O–H groups in total. The van der Waals surface area contributed by atoms with Crippen LogP contribution in [0.15, 0.2) is 54.6 Å². The molecule has 0 radical (unpaired) electrons. The molecule has 0 saturated carbocycles. The fourth-order valence-corrected chi connectivity index (χ4v) is 2.32. The van der Waals surface area contributed by atoms with Gasteiger partial charge in [0.25, 0.3) is 0 Å². The molecule has 0 heterocycles. The van der Waals surface area contributed by atoms with Crippen LogP contribution in [0.4, 0.5) is 0 Å². The first kappa shape index (κ1) is 15.8. The summed E-state index contributed by atoms with van der Waals surface area (Å²) in [4.78, 5) is 0. The molecule has 112 valence electrons. The Morgan fingerprint density at radius 1 is 1.10 bits per heavy atom. The fraction of sp³-hybridized carbons (Fsp3) is 0.294. The highest BCUT2D eigenvalue weighted by Crippen LogP contribution is 2.21. The molecule has 0 saturated heterocycles. The zero-order chi connectivity index (χ0) is 15.1. The molecule has 2 rings (SSSR count). The van der Waals surface area contributed by atoms with Crippen LogP contribution in [0.3, 0.4) is 0 Å². The molecule has 2 aromatic carbocycles. The normalized spacial score (nSPS) is 13.7. The lowest BCUT2D eigenvalue weighted by Gasteiger charge is -2.18. The van der Waals surface area contributed by atoms with Gasteiger partial charge in [0, 0.05) is 17.6 Å². The van der Waals surface area contributed by atoms with Crippen LogP contribution in [0.5, 0.6) is 5.75 Å². The van der Waals surface area contributed by atoms with Crippen molar-refractivity contribution in [3.8, 4) is 5.75 Å². The standard InChI is InChI=1S/C17H20ClNO2/c1-13(16-9-5-6-10-17(16)18)19-11-14(20)12-21-15-7-3-2-4-8-15/h2-10,13-14,19-20H,11-12H2,1H3.